The molecule has 2 fully saturated rings. The van der Waals surface area contributed by atoms with E-state index in [9.17, 15) is 10.1 Å². The van der Waals surface area contributed by atoms with Crippen LogP contribution >= 0.6 is 0 Å². The van der Waals surface area contributed by atoms with Crippen LogP contribution in [0.2, 0.25) is 0 Å². The number of carbonyl (C=O) groups is 1. The van der Waals surface area contributed by atoms with E-state index in [0.29, 0.717) is 6.54 Å². The predicted molar refractivity (Wildman–Crippen MR) is 69.4 cm³/mol. The summed E-state index contributed by atoms with van der Waals surface area (Å²) in [5.41, 5.74) is -0.751. The van der Waals surface area contributed by atoms with Gasteiger partial charge in [-0.3, -0.25) is 4.90 Å². The molecule has 0 bridgehead atoms. The number of carbonyl (C=O) groups excluding carboxylic acids is 1. The van der Waals surface area contributed by atoms with Gasteiger partial charge in [-0.05, 0) is 41.0 Å². The number of nitriles is 1. The Morgan fingerprint density at radius 3 is 2.63 bits per heavy atom. The summed E-state index contributed by atoms with van der Waals surface area (Å²) >= 11 is 0. The van der Waals surface area contributed by atoms with E-state index in [0.717, 1.165) is 6.42 Å². The van der Waals surface area contributed by atoms with Gasteiger partial charge in [0.1, 0.15) is 11.6 Å². The van der Waals surface area contributed by atoms with Crippen molar-refractivity contribution in [2.24, 2.45) is 5.92 Å². The molecule has 2 aliphatic heterocycles. The van der Waals surface area contributed by atoms with Crippen LogP contribution in [0.25, 0.3) is 0 Å². The molecular weight excluding hydrogens is 244 g/mol. The first-order chi connectivity index (χ1) is 8.63. The summed E-state index contributed by atoms with van der Waals surface area (Å²) in [5, 5.41) is 9.35. The Bertz CT molecular complexity index is 419. The third-order valence-electron chi connectivity index (χ3n) is 3.55. The van der Waals surface area contributed by atoms with Crippen molar-refractivity contribution in [2.75, 3.05) is 6.54 Å². The zero-order valence-corrected chi connectivity index (χ0v) is 12.3. The van der Waals surface area contributed by atoms with E-state index >= 15 is 0 Å². The molecule has 0 radical (unpaired) electrons. The van der Waals surface area contributed by atoms with Crippen molar-refractivity contribution in [1.82, 2.24) is 4.90 Å². The zero-order chi connectivity index (χ0) is 14.4. The van der Waals surface area contributed by atoms with Gasteiger partial charge in [0.2, 0.25) is 0 Å². The molecule has 5 nitrogen and oxygen atoms in total. The van der Waals surface area contributed by atoms with E-state index in [-0.39, 0.29) is 17.6 Å². The fourth-order valence-corrected chi connectivity index (χ4v) is 2.94. The van der Waals surface area contributed by atoms with Gasteiger partial charge in [-0.2, -0.15) is 5.26 Å². The molecule has 2 rings (SSSR count). The van der Waals surface area contributed by atoms with Crippen molar-refractivity contribution >= 4 is 6.09 Å². The van der Waals surface area contributed by atoms with Crippen LogP contribution in [0, 0.1) is 17.2 Å². The van der Waals surface area contributed by atoms with E-state index in [1.54, 1.807) is 0 Å². The molecule has 0 aromatic heterocycles. The minimum absolute atomic E-state index is 0.0489. The SMILES string of the molecule is CC(C)(C)OC(=O)N1CC2OC(C)(C)CC2C1C#N. The topological polar surface area (TPSA) is 62.6 Å². The largest absolute Gasteiger partial charge is 0.444 e. The Hall–Kier alpha value is -1.28. The van der Waals surface area contributed by atoms with Gasteiger partial charge in [0.05, 0.1) is 24.3 Å². The smallest absolute Gasteiger partial charge is 0.411 e. The first kappa shape index (κ1) is 14.1. The van der Waals surface area contributed by atoms with Crippen LogP contribution in [-0.4, -0.2) is 40.9 Å². The van der Waals surface area contributed by atoms with Gasteiger partial charge < -0.3 is 9.47 Å². The van der Waals surface area contributed by atoms with E-state index in [4.69, 9.17) is 9.47 Å². The average molecular weight is 266 g/mol. The second-order valence-corrected chi connectivity index (χ2v) is 6.99. The zero-order valence-electron chi connectivity index (χ0n) is 12.3. The summed E-state index contributed by atoms with van der Waals surface area (Å²) in [4.78, 5) is 13.6. The van der Waals surface area contributed by atoms with Crippen LogP contribution in [0.4, 0.5) is 4.79 Å². The highest BCUT2D eigenvalue weighted by atomic mass is 16.6. The molecule has 0 aromatic rings. The van der Waals surface area contributed by atoms with Crippen LogP contribution < -0.4 is 0 Å². The highest BCUT2D eigenvalue weighted by molar-refractivity contribution is 5.69. The number of amides is 1. The highest BCUT2D eigenvalue weighted by Crippen LogP contribution is 2.42. The molecule has 1 amide bonds. The normalized spacial score (nSPS) is 32.8. The van der Waals surface area contributed by atoms with Crippen LogP contribution in [-0.2, 0) is 9.47 Å². The summed E-state index contributed by atoms with van der Waals surface area (Å²) in [6.07, 6.45) is 0.330. The fourth-order valence-electron chi connectivity index (χ4n) is 2.94. The van der Waals surface area contributed by atoms with Crippen molar-refractivity contribution in [3.63, 3.8) is 0 Å². The predicted octanol–water partition coefficient (Wildman–Crippen LogP) is 2.31. The number of hydrogen-bond acceptors (Lipinski definition) is 4. The average Bonchev–Trinajstić information content (AvgIpc) is 2.66. The Kier molecular flexibility index (Phi) is 3.26. The maximum absolute atomic E-state index is 12.1. The van der Waals surface area contributed by atoms with E-state index < -0.39 is 17.7 Å². The third kappa shape index (κ3) is 2.84. The Balaban J connectivity index is 2.10. The molecule has 5 heteroatoms. The minimum Gasteiger partial charge on any atom is -0.444 e. The van der Waals surface area contributed by atoms with E-state index in [2.05, 4.69) is 6.07 Å². The third-order valence-corrected chi connectivity index (χ3v) is 3.55. The molecular formula is C14H22N2O3. The molecule has 0 saturated carbocycles. The number of likely N-dealkylation sites (tertiary alicyclic amines) is 1. The van der Waals surface area contributed by atoms with Crippen LogP contribution in [0.1, 0.15) is 41.0 Å². The molecule has 3 atom stereocenters. The van der Waals surface area contributed by atoms with Crippen LogP contribution in [0.3, 0.4) is 0 Å². The molecule has 106 valence electrons. The quantitative estimate of drug-likeness (QED) is 0.675. The number of fused-ring (bicyclic) bond motifs is 1. The molecule has 2 aliphatic rings. The Morgan fingerprint density at radius 2 is 2.11 bits per heavy atom. The van der Waals surface area contributed by atoms with Crippen molar-refractivity contribution in [3.05, 3.63) is 0 Å². The second-order valence-electron chi connectivity index (χ2n) is 6.99. The standard InChI is InChI=1S/C14H22N2O3/c1-13(2,3)19-12(17)16-8-11-9(10(16)7-15)6-14(4,5)18-11/h9-11H,6,8H2,1-5H3. The summed E-state index contributed by atoms with van der Waals surface area (Å²) in [6, 6.07) is 1.79. The number of nitrogens with zero attached hydrogens (tertiary/aromatic N) is 2. The highest BCUT2D eigenvalue weighted by Gasteiger charge is 2.53. The van der Waals surface area contributed by atoms with Gasteiger partial charge in [0.15, 0.2) is 0 Å². The van der Waals surface area contributed by atoms with Gasteiger partial charge in [-0.25, -0.2) is 4.79 Å². The first-order valence-electron chi connectivity index (χ1n) is 6.70. The molecule has 0 aliphatic carbocycles. The van der Waals surface area contributed by atoms with Crippen molar-refractivity contribution in [3.8, 4) is 6.07 Å². The molecule has 2 heterocycles. The number of rotatable bonds is 0. The monoisotopic (exact) mass is 266 g/mol. The van der Waals surface area contributed by atoms with E-state index in [1.165, 1.54) is 4.90 Å². The molecule has 0 N–H and O–H groups in total. The van der Waals surface area contributed by atoms with Gasteiger partial charge in [0, 0.05) is 5.92 Å². The molecule has 0 aromatic carbocycles. The maximum Gasteiger partial charge on any atom is 0.411 e. The number of hydrogen-bond donors (Lipinski definition) is 0. The van der Waals surface area contributed by atoms with Crippen LogP contribution in [0.5, 0.6) is 0 Å². The maximum atomic E-state index is 12.1. The lowest BCUT2D eigenvalue weighted by Gasteiger charge is -2.28. The van der Waals surface area contributed by atoms with Gasteiger partial charge >= 0.3 is 6.09 Å². The molecule has 19 heavy (non-hydrogen) atoms. The fraction of sp³-hybridized carbons (Fsp3) is 0.857. The minimum atomic E-state index is -0.547. The molecule has 3 unspecified atom stereocenters. The van der Waals surface area contributed by atoms with Gasteiger partial charge in [-0.15, -0.1) is 0 Å². The van der Waals surface area contributed by atoms with Crippen molar-refractivity contribution in [2.45, 2.75) is 64.4 Å². The number of ether oxygens (including phenoxy) is 2. The summed E-state index contributed by atoms with van der Waals surface area (Å²) in [6.45, 7) is 9.96. The molecule has 2 saturated heterocycles. The van der Waals surface area contributed by atoms with Crippen molar-refractivity contribution < 1.29 is 14.3 Å². The lowest BCUT2D eigenvalue weighted by atomic mass is 9.91. The van der Waals surface area contributed by atoms with Gasteiger partial charge in [0.25, 0.3) is 0 Å². The second kappa shape index (κ2) is 4.38. The summed E-state index contributed by atoms with van der Waals surface area (Å²) in [5.74, 6) is 0.0903. The molecule has 0 spiro atoms. The first-order valence-corrected chi connectivity index (χ1v) is 6.70. The van der Waals surface area contributed by atoms with Gasteiger partial charge in [-0.1, -0.05) is 0 Å². The van der Waals surface area contributed by atoms with Crippen LogP contribution in [0.15, 0.2) is 0 Å². The lowest BCUT2D eigenvalue weighted by molar-refractivity contribution is -0.0243. The summed E-state index contributed by atoms with van der Waals surface area (Å²) in [7, 11) is 0. The van der Waals surface area contributed by atoms with Crippen molar-refractivity contribution in [1.29, 1.82) is 5.26 Å². The Morgan fingerprint density at radius 1 is 1.47 bits per heavy atom. The summed E-state index contributed by atoms with van der Waals surface area (Å²) < 4.78 is 11.3. The lowest BCUT2D eigenvalue weighted by Crippen LogP contribution is -2.42. The van der Waals surface area contributed by atoms with E-state index in [1.807, 2.05) is 34.6 Å². The Labute approximate surface area is 114 Å².